The third-order valence-electron chi connectivity index (χ3n) is 14.4. The van der Waals surface area contributed by atoms with Crippen LogP contribution in [-0.2, 0) is 102 Å². The van der Waals surface area contributed by atoms with Crippen molar-refractivity contribution >= 4 is 70.4 Å². The fourth-order valence-corrected chi connectivity index (χ4v) is 61.3. The fourth-order valence-electron chi connectivity index (χ4n) is 11.0. The van der Waals surface area contributed by atoms with E-state index in [9.17, 15) is 0 Å². The van der Waals surface area contributed by atoms with Crippen LogP contribution in [0.25, 0.3) is 0 Å². The number of rotatable bonds is 32. The number of aromatic nitrogens is 24. The maximum atomic E-state index is 8.10. The Labute approximate surface area is 489 Å². The Morgan fingerprint density at radius 1 is 0.190 bits per heavy atom. The molecule has 0 atom stereocenters. The van der Waals surface area contributed by atoms with Crippen LogP contribution >= 0.6 is 0 Å². The Morgan fingerprint density at radius 3 is 0.405 bits per heavy atom. The summed E-state index contributed by atoms with van der Waals surface area (Å²) in [4.78, 5) is 34.0. The van der Waals surface area contributed by atoms with Crippen molar-refractivity contribution in [1.29, 1.82) is 0 Å². The second-order valence-corrected chi connectivity index (χ2v) is 45.5. The number of hydrogen-bond acceptors (Lipinski definition) is 28. The summed E-state index contributed by atoms with van der Waals surface area (Å²) in [6, 6.07) is 1.66. The van der Waals surface area contributed by atoms with Crippen molar-refractivity contribution in [2.45, 2.75) is 152 Å². The van der Waals surface area contributed by atoms with Gasteiger partial charge in [-0.15, -0.1) is 0 Å². The van der Waals surface area contributed by atoms with Gasteiger partial charge in [0.25, 0.3) is 0 Å². The van der Waals surface area contributed by atoms with Crippen LogP contribution in [0.15, 0.2) is 101 Å². The quantitative estimate of drug-likeness (QED) is 0.0535. The van der Waals surface area contributed by atoms with E-state index in [1.807, 2.05) is 0 Å². The molecule has 0 spiro atoms. The Kier molecular flexibility index (Phi) is 17.1. The Bertz CT molecular complexity index is 2510. The smallest absolute Gasteiger partial charge is 0.373 e. The summed E-state index contributed by atoms with van der Waals surface area (Å²) < 4.78 is 111. The first-order chi connectivity index (χ1) is 41.1. The van der Waals surface area contributed by atoms with Crippen LogP contribution in [0, 0.1) is 0 Å². The lowest BCUT2D eigenvalue weighted by Gasteiger charge is -2.63. The Morgan fingerprint density at radius 2 is 0.310 bits per heavy atom. The molecule has 6 saturated heterocycles. The third kappa shape index (κ3) is 13.6. The first kappa shape index (κ1) is 57.4. The number of hydrogen-bond donors (Lipinski definition) is 0. The predicted molar refractivity (Wildman–Crippen MR) is 295 cm³/mol. The second-order valence-electron chi connectivity index (χ2n) is 20.8. The highest BCUT2D eigenvalue weighted by Gasteiger charge is 2.83. The van der Waals surface area contributed by atoms with E-state index in [-0.39, 0.29) is 48.4 Å². The van der Waals surface area contributed by atoms with Gasteiger partial charge < -0.3 is 49.4 Å². The van der Waals surface area contributed by atoms with Gasteiger partial charge in [-0.1, -0.05) is 0 Å². The molecule has 14 heterocycles. The molecule has 6 fully saturated rings. The summed E-state index contributed by atoms with van der Waals surface area (Å²) in [6.07, 6.45) is 28.9. The molecule has 0 unspecified atom stereocenters. The standard InChI is InChI=1S/C40H64N24O12Si8/c1(9-57-33-41-25-49-57)17-77-65-78(18-2-10-58-34-42-26-50-58)68-81(21-5-13-61-37-45-29-53-61)70-79(66-77,19-3-11-59-35-43-27-51-59)72-83(23-7-15-63-39-47-31-55-63)73-80(67-77,20-4-12-60-36-44-28-52-60)71-82(69-78,22-6-14-62-38-46-30-54-62)75-84(74-81,76-83)24-8-16-64-40-48-32-56-64/h25-40H,1-24H2. The molecule has 14 rings (SSSR count). The fraction of sp³-hybridized carbons (Fsp3) is 0.600. The average molecular weight is 1300 g/mol. The summed E-state index contributed by atoms with van der Waals surface area (Å²) in [5.74, 6) is 0. The van der Waals surface area contributed by atoms with E-state index in [1.54, 1.807) is 88.1 Å². The first-order valence-electron chi connectivity index (χ1n) is 28.1. The molecule has 0 N–H and O–H groups in total. The number of nitrogens with zero attached hydrogens (tertiary/aromatic N) is 24. The summed E-state index contributed by atoms with van der Waals surface area (Å²) in [7, 11) is -35.6. The summed E-state index contributed by atoms with van der Waals surface area (Å²) in [6.45, 7) is 3.44. The van der Waals surface area contributed by atoms with Crippen molar-refractivity contribution in [2.75, 3.05) is 0 Å². The van der Waals surface area contributed by atoms with E-state index >= 15 is 0 Å². The van der Waals surface area contributed by atoms with Gasteiger partial charge in [0.15, 0.2) is 0 Å². The van der Waals surface area contributed by atoms with Crippen LogP contribution < -0.4 is 0 Å². The summed E-state index contributed by atoms with van der Waals surface area (Å²) in [5.41, 5.74) is 0. The number of aryl methyl sites for hydroxylation is 8. The normalized spacial score (nSPS) is 29.9. The lowest BCUT2D eigenvalue weighted by molar-refractivity contribution is -0.0315. The SMILES string of the molecule is c1ncn(CCC[Si]23O[Si]4(CCCn5cncn5)O[Si]5(CCCn6cncn6)O[Si](CCCn6cncn6)(O2)O[Si]2(CCCn6cncn6)O[Si](CCCn6cncn6)(O3)O[Si](CCCn3cncn3)(O4)O[Si](CCCn3cncn3)(O5)O2)n1. The molecule has 44 heteroatoms. The molecule has 0 aromatic carbocycles. The molecule has 0 radical (unpaired) electrons. The molecule has 36 nitrogen and oxygen atoms in total. The minimum Gasteiger partial charge on any atom is -0.373 e. The molecule has 0 amide bonds. The highest BCUT2D eigenvalue weighted by molar-refractivity contribution is 7.03. The van der Waals surface area contributed by atoms with E-state index in [1.165, 1.54) is 50.6 Å². The molecular formula is C40H64N24O12Si8. The van der Waals surface area contributed by atoms with Crippen molar-refractivity contribution in [1.82, 2.24) is 118 Å². The zero-order valence-electron chi connectivity index (χ0n) is 45.8. The topological polar surface area (TPSA) is 356 Å². The average Bonchev–Trinajstić information content (AvgIpc) is 0.875. The van der Waals surface area contributed by atoms with E-state index in [4.69, 9.17) is 49.4 Å². The maximum Gasteiger partial charge on any atom is 0.478 e. The highest BCUT2D eigenvalue weighted by atomic mass is 28.6. The molecular weight excluding hydrogens is 1230 g/mol. The summed E-state index contributed by atoms with van der Waals surface area (Å²) in [5, 5.41) is 35.8. The van der Waals surface area contributed by atoms with Gasteiger partial charge in [-0.3, -0.25) is 37.5 Å². The van der Waals surface area contributed by atoms with E-state index < -0.39 is 70.4 Å². The van der Waals surface area contributed by atoms with Crippen LogP contribution in [0.4, 0.5) is 0 Å². The monoisotopic (exact) mass is 1300 g/mol. The van der Waals surface area contributed by atoms with Crippen molar-refractivity contribution in [3.8, 4) is 0 Å². The van der Waals surface area contributed by atoms with Gasteiger partial charge in [-0.05, 0) is 51.4 Å². The van der Waals surface area contributed by atoms with Gasteiger partial charge in [-0.2, -0.15) is 40.8 Å². The van der Waals surface area contributed by atoms with Crippen LogP contribution in [0.3, 0.4) is 0 Å². The highest BCUT2D eigenvalue weighted by Crippen LogP contribution is 2.55. The van der Waals surface area contributed by atoms with Crippen molar-refractivity contribution in [3.05, 3.63) is 101 Å². The van der Waals surface area contributed by atoms with Crippen molar-refractivity contribution in [3.63, 3.8) is 0 Å². The van der Waals surface area contributed by atoms with Gasteiger partial charge in [0.05, 0.1) is 0 Å². The Balaban J connectivity index is 1.01. The molecule has 6 aliphatic heterocycles. The van der Waals surface area contributed by atoms with Crippen molar-refractivity contribution in [2.24, 2.45) is 0 Å². The van der Waals surface area contributed by atoms with Gasteiger partial charge in [-0.25, -0.2) is 39.9 Å². The van der Waals surface area contributed by atoms with Crippen LogP contribution in [0.5, 0.6) is 0 Å². The molecule has 0 saturated carbocycles. The Hall–Kier alpha value is -5.62. The molecule has 0 aliphatic carbocycles. The largest absolute Gasteiger partial charge is 0.478 e. The molecule has 8 aromatic rings. The van der Waals surface area contributed by atoms with Gasteiger partial charge in [0.2, 0.25) is 0 Å². The second kappa shape index (κ2) is 25.0. The third-order valence-corrected chi connectivity index (χ3v) is 52.0. The summed E-state index contributed by atoms with van der Waals surface area (Å²) >= 11 is 0. The zero-order chi connectivity index (χ0) is 56.7. The molecule has 6 aliphatic rings. The van der Waals surface area contributed by atoms with E-state index in [2.05, 4.69) is 80.7 Å². The molecule has 448 valence electrons. The predicted octanol–water partition coefficient (Wildman–Crippen LogP) is 1.22. The zero-order valence-corrected chi connectivity index (χ0v) is 53.8. The van der Waals surface area contributed by atoms with Gasteiger partial charge in [0.1, 0.15) is 101 Å². The van der Waals surface area contributed by atoms with Crippen LogP contribution in [-0.4, -0.2) is 189 Å². The van der Waals surface area contributed by atoms with E-state index in [0.717, 1.165) is 0 Å². The van der Waals surface area contributed by atoms with Crippen molar-refractivity contribution < 1.29 is 49.4 Å². The molecule has 84 heavy (non-hydrogen) atoms. The maximum absolute atomic E-state index is 8.10. The van der Waals surface area contributed by atoms with Gasteiger partial charge in [0, 0.05) is 101 Å². The minimum absolute atomic E-state index is 0.207. The first-order valence-corrected chi connectivity index (χ1v) is 43.6. The van der Waals surface area contributed by atoms with Crippen LogP contribution in [0.2, 0.25) is 48.4 Å². The molecule has 8 bridgehead atoms. The molecule has 8 aromatic heterocycles. The lowest BCUT2D eigenvalue weighted by atomic mass is 10.5. The van der Waals surface area contributed by atoms with E-state index in [0.29, 0.717) is 104 Å². The van der Waals surface area contributed by atoms with Gasteiger partial charge >= 0.3 is 70.4 Å². The minimum atomic E-state index is -4.45. The van der Waals surface area contributed by atoms with Crippen LogP contribution in [0.1, 0.15) is 51.4 Å². The lowest BCUT2D eigenvalue weighted by Crippen LogP contribution is -2.88.